The summed E-state index contributed by atoms with van der Waals surface area (Å²) >= 11 is 16.8. The number of hydrogen-bond acceptors (Lipinski definition) is 1. The molecule has 0 amide bonds. The minimum Gasteiger partial charge on any atom is -0.300 e. The van der Waals surface area contributed by atoms with Crippen molar-refractivity contribution in [3.8, 4) is 5.69 Å². The monoisotopic (exact) mass is 244 g/mol. The SMILES string of the molecule is S=c1cc[nH]n1-c1cc(Cl)cc(Cl)c1. The van der Waals surface area contributed by atoms with Crippen molar-refractivity contribution in [2.75, 3.05) is 0 Å². The first-order valence-electron chi connectivity index (χ1n) is 3.90. The molecule has 0 fully saturated rings. The van der Waals surface area contributed by atoms with Crippen molar-refractivity contribution in [3.63, 3.8) is 0 Å². The summed E-state index contributed by atoms with van der Waals surface area (Å²) in [4.78, 5) is 0. The molecule has 0 unspecified atom stereocenters. The molecule has 2 rings (SSSR count). The van der Waals surface area contributed by atoms with Crippen LogP contribution in [-0.2, 0) is 0 Å². The Morgan fingerprint density at radius 3 is 2.29 bits per heavy atom. The first kappa shape index (κ1) is 9.77. The van der Waals surface area contributed by atoms with Crippen LogP contribution in [0.3, 0.4) is 0 Å². The van der Waals surface area contributed by atoms with Crippen LogP contribution >= 0.6 is 35.4 Å². The zero-order valence-corrected chi connectivity index (χ0v) is 9.33. The normalized spacial score (nSPS) is 10.4. The lowest BCUT2D eigenvalue weighted by Gasteiger charge is -2.03. The maximum atomic E-state index is 5.87. The van der Waals surface area contributed by atoms with Gasteiger partial charge in [0.2, 0.25) is 0 Å². The highest BCUT2D eigenvalue weighted by molar-refractivity contribution is 7.71. The van der Waals surface area contributed by atoms with Crippen molar-refractivity contribution in [1.82, 2.24) is 9.78 Å². The Labute approximate surface area is 96.1 Å². The maximum absolute atomic E-state index is 5.87. The van der Waals surface area contributed by atoms with Crippen molar-refractivity contribution in [1.29, 1.82) is 0 Å². The van der Waals surface area contributed by atoms with E-state index in [9.17, 15) is 0 Å². The van der Waals surface area contributed by atoms with Gasteiger partial charge in [-0.3, -0.25) is 0 Å². The molecule has 0 bridgehead atoms. The van der Waals surface area contributed by atoms with Gasteiger partial charge in [-0.15, -0.1) is 0 Å². The fourth-order valence-corrected chi connectivity index (χ4v) is 1.93. The molecule has 14 heavy (non-hydrogen) atoms. The average molecular weight is 245 g/mol. The Morgan fingerprint density at radius 2 is 1.79 bits per heavy atom. The van der Waals surface area contributed by atoms with Crippen LogP contribution in [0.1, 0.15) is 0 Å². The molecule has 1 aromatic carbocycles. The molecule has 0 saturated heterocycles. The van der Waals surface area contributed by atoms with Crippen LogP contribution in [0.15, 0.2) is 30.5 Å². The number of aromatic nitrogens is 2. The predicted octanol–water partition coefficient (Wildman–Crippen LogP) is 3.84. The van der Waals surface area contributed by atoms with Crippen molar-refractivity contribution < 1.29 is 0 Å². The highest BCUT2D eigenvalue weighted by Crippen LogP contribution is 2.21. The third-order valence-electron chi connectivity index (χ3n) is 1.76. The molecule has 0 aliphatic rings. The lowest BCUT2D eigenvalue weighted by atomic mass is 10.3. The van der Waals surface area contributed by atoms with E-state index in [1.165, 1.54) is 0 Å². The van der Waals surface area contributed by atoms with E-state index in [1.807, 2.05) is 0 Å². The van der Waals surface area contributed by atoms with Gasteiger partial charge in [-0.05, 0) is 24.3 Å². The number of hydrogen-bond donors (Lipinski definition) is 1. The number of H-pyrrole nitrogens is 1. The summed E-state index contributed by atoms with van der Waals surface area (Å²) < 4.78 is 2.41. The number of benzene rings is 1. The topological polar surface area (TPSA) is 20.7 Å². The Hall–Kier alpha value is -0.770. The second-order valence-electron chi connectivity index (χ2n) is 2.76. The number of nitrogens with zero attached hydrogens (tertiary/aromatic N) is 1. The molecule has 0 aliphatic heterocycles. The van der Waals surface area contributed by atoms with Crippen LogP contribution in [0.4, 0.5) is 0 Å². The first-order valence-corrected chi connectivity index (χ1v) is 5.06. The van der Waals surface area contributed by atoms with E-state index in [4.69, 9.17) is 35.4 Å². The van der Waals surface area contributed by atoms with Crippen LogP contribution in [-0.4, -0.2) is 9.78 Å². The van der Waals surface area contributed by atoms with Crippen LogP contribution in [0.2, 0.25) is 10.0 Å². The molecule has 1 aromatic heterocycles. The van der Waals surface area contributed by atoms with Gasteiger partial charge in [-0.1, -0.05) is 35.4 Å². The summed E-state index contributed by atoms with van der Waals surface area (Å²) in [6.45, 7) is 0. The van der Waals surface area contributed by atoms with Gasteiger partial charge in [0.05, 0.1) is 5.69 Å². The zero-order chi connectivity index (χ0) is 10.1. The predicted molar refractivity (Wildman–Crippen MR) is 61.0 cm³/mol. The van der Waals surface area contributed by atoms with Gasteiger partial charge >= 0.3 is 0 Å². The summed E-state index contributed by atoms with van der Waals surface area (Å²) in [7, 11) is 0. The van der Waals surface area contributed by atoms with E-state index in [0.717, 1.165) is 5.69 Å². The molecule has 1 heterocycles. The van der Waals surface area contributed by atoms with Gasteiger partial charge in [0, 0.05) is 16.2 Å². The van der Waals surface area contributed by atoms with E-state index in [-0.39, 0.29) is 0 Å². The van der Waals surface area contributed by atoms with Crippen molar-refractivity contribution in [3.05, 3.63) is 45.1 Å². The fraction of sp³-hybridized carbons (Fsp3) is 0. The van der Waals surface area contributed by atoms with Crippen LogP contribution < -0.4 is 0 Å². The number of nitrogens with one attached hydrogen (secondary N) is 1. The molecule has 0 atom stereocenters. The summed E-state index contributed by atoms with van der Waals surface area (Å²) in [6, 6.07) is 7.06. The Balaban J connectivity index is 2.63. The summed E-state index contributed by atoms with van der Waals surface area (Å²) in [5.74, 6) is 0. The molecule has 0 spiro atoms. The third-order valence-corrected chi connectivity index (χ3v) is 2.51. The highest BCUT2D eigenvalue weighted by atomic mass is 35.5. The van der Waals surface area contributed by atoms with E-state index < -0.39 is 0 Å². The standard InChI is InChI=1S/C9H6Cl2N2S/c10-6-3-7(11)5-8(4-6)13-9(14)1-2-12-13/h1-5,12H. The number of aromatic amines is 1. The molecule has 2 nitrogen and oxygen atoms in total. The van der Waals surface area contributed by atoms with Gasteiger partial charge in [0.25, 0.3) is 0 Å². The molecular formula is C9H6Cl2N2S. The zero-order valence-electron chi connectivity index (χ0n) is 7.00. The maximum Gasteiger partial charge on any atom is 0.127 e. The van der Waals surface area contributed by atoms with Crippen LogP contribution in [0.5, 0.6) is 0 Å². The molecule has 1 N–H and O–H groups in total. The summed E-state index contributed by atoms with van der Waals surface area (Å²) in [5.41, 5.74) is 0.831. The van der Waals surface area contributed by atoms with E-state index in [2.05, 4.69) is 5.10 Å². The molecule has 0 saturated carbocycles. The van der Waals surface area contributed by atoms with Crippen LogP contribution in [0, 0.1) is 4.64 Å². The second kappa shape index (κ2) is 3.77. The molecule has 2 aromatic rings. The third kappa shape index (κ3) is 1.85. The minimum absolute atomic E-state index is 0.587. The van der Waals surface area contributed by atoms with Gasteiger partial charge < -0.3 is 5.10 Å². The minimum atomic E-state index is 0.587. The quantitative estimate of drug-likeness (QED) is 0.757. The van der Waals surface area contributed by atoms with E-state index in [0.29, 0.717) is 14.7 Å². The van der Waals surface area contributed by atoms with Crippen LogP contribution in [0.25, 0.3) is 5.69 Å². The lowest BCUT2D eigenvalue weighted by Crippen LogP contribution is -1.95. The number of rotatable bonds is 1. The fourth-order valence-electron chi connectivity index (χ4n) is 1.19. The van der Waals surface area contributed by atoms with E-state index >= 15 is 0 Å². The van der Waals surface area contributed by atoms with Gasteiger partial charge in [-0.2, -0.15) is 0 Å². The molecule has 5 heteroatoms. The highest BCUT2D eigenvalue weighted by Gasteiger charge is 2.00. The Kier molecular flexibility index (Phi) is 2.63. The molecule has 0 aliphatic carbocycles. The Bertz CT molecular complexity index is 495. The molecular weight excluding hydrogens is 239 g/mol. The van der Waals surface area contributed by atoms with Gasteiger partial charge in [0.15, 0.2) is 0 Å². The average Bonchev–Trinajstić information content (AvgIpc) is 2.49. The molecule has 72 valence electrons. The van der Waals surface area contributed by atoms with E-state index in [1.54, 1.807) is 35.1 Å². The lowest BCUT2D eigenvalue weighted by molar-refractivity contribution is 0.869. The summed E-state index contributed by atoms with van der Waals surface area (Å²) in [5, 5.41) is 4.15. The van der Waals surface area contributed by atoms with Gasteiger partial charge in [0.1, 0.15) is 4.64 Å². The second-order valence-corrected chi connectivity index (χ2v) is 4.05. The van der Waals surface area contributed by atoms with Crippen molar-refractivity contribution in [2.24, 2.45) is 0 Å². The summed E-state index contributed by atoms with van der Waals surface area (Å²) in [6.07, 6.45) is 1.76. The van der Waals surface area contributed by atoms with Crippen molar-refractivity contribution in [2.45, 2.75) is 0 Å². The van der Waals surface area contributed by atoms with Gasteiger partial charge in [-0.25, -0.2) is 4.68 Å². The Morgan fingerprint density at radius 1 is 1.14 bits per heavy atom. The smallest absolute Gasteiger partial charge is 0.127 e. The van der Waals surface area contributed by atoms with Crippen molar-refractivity contribution >= 4 is 35.4 Å². The first-order chi connectivity index (χ1) is 6.66. The number of halogens is 2. The largest absolute Gasteiger partial charge is 0.300 e. The molecule has 0 radical (unpaired) electrons.